The summed E-state index contributed by atoms with van der Waals surface area (Å²) in [5, 5.41) is 30.1. The van der Waals surface area contributed by atoms with E-state index in [0.717, 1.165) is 12.1 Å². The van der Waals surface area contributed by atoms with E-state index in [9.17, 15) is 24.9 Å². The zero-order valence-electron chi connectivity index (χ0n) is 17.5. The van der Waals surface area contributed by atoms with Crippen LogP contribution in [-0.2, 0) is 10.3 Å². The molecule has 0 fully saturated rings. The number of ether oxygens (including phenoxy) is 2. The summed E-state index contributed by atoms with van der Waals surface area (Å²) in [5.41, 5.74) is -2.97. The molecule has 4 aromatic rings. The van der Waals surface area contributed by atoms with Crippen LogP contribution < -0.4 is 4.74 Å². The summed E-state index contributed by atoms with van der Waals surface area (Å²) in [6.07, 6.45) is 0. The summed E-state index contributed by atoms with van der Waals surface area (Å²) in [4.78, 5) is 25.3. The summed E-state index contributed by atoms with van der Waals surface area (Å²) < 4.78 is 27.3. The molecule has 2 heterocycles. The second-order valence-electron chi connectivity index (χ2n) is 8.16. The van der Waals surface area contributed by atoms with Gasteiger partial charge in [0.05, 0.1) is 31.8 Å². The topological polar surface area (TPSA) is 113 Å². The minimum absolute atomic E-state index is 0.0284. The second-order valence-corrected chi connectivity index (χ2v) is 9.35. The summed E-state index contributed by atoms with van der Waals surface area (Å²) >= 11 is 19.1. The van der Waals surface area contributed by atoms with Gasteiger partial charge in [-0.15, -0.1) is 0 Å². The molecular formula is C25H10Cl3FO7. The number of fused-ring (bicyclic) bond motifs is 8. The maximum Gasteiger partial charge on any atom is 0.341 e. The van der Waals surface area contributed by atoms with Gasteiger partial charge in [0.1, 0.15) is 11.5 Å². The Morgan fingerprint density at radius 2 is 1.67 bits per heavy atom. The Morgan fingerprint density at radius 3 is 2.36 bits per heavy atom. The minimum atomic E-state index is -2.10. The van der Waals surface area contributed by atoms with Gasteiger partial charge < -0.3 is 24.8 Å². The third kappa shape index (κ3) is 2.69. The van der Waals surface area contributed by atoms with Gasteiger partial charge in [-0.25, -0.2) is 9.59 Å². The van der Waals surface area contributed by atoms with Crippen molar-refractivity contribution < 1.29 is 38.8 Å². The molecule has 36 heavy (non-hydrogen) atoms. The number of carbonyl (C=O) groups is 2. The number of esters is 1. The molecule has 0 aromatic heterocycles. The van der Waals surface area contributed by atoms with E-state index >= 15 is 4.39 Å². The Bertz CT molecular complexity index is 1720. The summed E-state index contributed by atoms with van der Waals surface area (Å²) in [7, 11) is 0. The lowest BCUT2D eigenvalue weighted by Crippen LogP contribution is -2.34. The van der Waals surface area contributed by atoms with Crippen molar-refractivity contribution in [3.63, 3.8) is 0 Å². The van der Waals surface area contributed by atoms with Gasteiger partial charge >= 0.3 is 11.9 Å². The van der Waals surface area contributed by atoms with Gasteiger partial charge in [0, 0.05) is 22.6 Å². The SMILES string of the molecule is O=C(O)c1cc(Cl)c2c(c1Cl)C1(OC2=O)c2cc(Cl)c(O)cc2Oc2c(F)c(O)c3ccccc3c21. The quantitative estimate of drug-likeness (QED) is 0.230. The van der Waals surface area contributed by atoms with Crippen molar-refractivity contribution >= 4 is 57.5 Å². The lowest BCUT2D eigenvalue weighted by molar-refractivity contribution is 0.0227. The number of hydrogen-bond acceptors (Lipinski definition) is 6. The molecule has 11 heteroatoms. The predicted molar refractivity (Wildman–Crippen MR) is 127 cm³/mol. The molecule has 6 rings (SSSR count). The summed E-state index contributed by atoms with van der Waals surface area (Å²) in [5.74, 6) is -5.42. The molecule has 1 spiro atoms. The number of phenols is 2. The number of carboxylic acid groups (broad SMARTS) is 1. The van der Waals surface area contributed by atoms with Crippen molar-refractivity contribution in [3.05, 3.63) is 91.2 Å². The normalized spacial score (nSPS) is 17.4. The second kappa shape index (κ2) is 7.39. The molecule has 0 amide bonds. The Labute approximate surface area is 215 Å². The van der Waals surface area contributed by atoms with Gasteiger partial charge in [0.25, 0.3) is 0 Å². The molecule has 0 bridgehead atoms. The van der Waals surface area contributed by atoms with Gasteiger partial charge in [0.2, 0.25) is 5.82 Å². The van der Waals surface area contributed by atoms with Crippen molar-refractivity contribution in [1.82, 2.24) is 0 Å². The average Bonchev–Trinajstić information content (AvgIpc) is 3.14. The van der Waals surface area contributed by atoms with E-state index < -0.39 is 46.2 Å². The molecule has 2 aliphatic rings. The fourth-order valence-electron chi connectivity index (χ4n) is 4.88. The van der Waals surface area contributed by atoms with Crippen molar-refractivity contribution in [3.8, 4) is 23.0 Å². The Hall–Kier alpha value is -3.72. The number of carboxylic acids is 1. The lowest BCUT2D eigenvalue weighted by Gasteiger charge is -2.38. The fourth-order valence-corrected chi connectivity index (χ4v) is 5.68. The third-order valence-electron chi connectivity index (χ3n) is 6.33. The number of aromatic hydroxyl groups is 2. The number of phenolic OH excluding ortho intramolecular Hbond substituents is 2. The lowest BCUT2D eigenvalue weighted by atomic mass is 9.75. The van der Waals surface area contributed by atoms with Crippen LogP contribution in [0, 0.1) is 5.82 Å². The summed E-state index contributed by atoms with van der Waals surface area (Å²) in [6, 6.07) is 9.49. The molecule has 0 saturated carbocycles. The maximum absolute atomic E-state index is 15.6. The Balaban J connectivity index is 1.90. The smallest absolute Gasteiger partial charge is 0.341 e. The molecule has 180 valence electrons. The van der Waals surface area contributed by atoms with Crippen LogP contribution in [0.5, 0.6) is 23.0 Å². The van der Waals surface area contributed by atoms with E-state index in [2.05, 4.69) is 0 Å². The van der Waals surface area contributed by atoms with E-state index in [1.54, 1.807) is 12.1 Å². The van der Waals surface area contributed by atoms with Crippen molar-refractivity contribution in [1.29, 1.82) is 0 Å². The monoisotopic (exact) mass is 546 g/mol. The highest BCUT2D eigenvalue weighted by molar-refractivity contribution is 6.39. The van der Waals surface area contributed by atoms with E-state index in [1.165, 1.54) is 18.2 Å². The van der Waals surface area contributed by atoms with E-state index in [-0.39, 0.29) is 53.8 Å². The standard InChI is InChI=1S/C25H10Cl3FO7/c26-12-6-11-15(7-14(12)30)35-22-17(8-3-1-2-4-9(8)21(31)20(22)29)25(11)18-16(24(34)36-25)13(27)5-10(19(18)28)23(32)33/h1-7,30-31H,(H,32,33). The third-order valence-corrected chi connectivity index (χ3v) is 7.32. The van der Waals surface area contributed by atoms with Crippen LogP contribution in [-0.4, -0.2) is 27.3 Å². The molecule has 0 saturated heterocycles. The van der Waals surface area contributed by atoms with Gasteiger partial charge in [-0.05, 0) is 17.5 Å². The first-order chi connectivity index (χ1) is 17.1. The van der Waals surface area contributed by atoms with Gasteiger partial charge in [-0.3, -0.25) is 0 Å². The first-order valence-electron chi connectivity index (χ1n) is 10.2. The van der Waals surface area contributed by atoms with E-state index in [4.69, 9.17) is 44.3 Å². The van der Waals surface area contributed by atoms with Gasteiger partial charge in [-0.1, -0.05) is 59.1 Å². The Morgan fingerprint density at radius 1 is 0.972 bits per heavy atom. The number of halogens is 4. The molecule has 0 radical (unpaired) electrons. The first kappa shape index (κ1) is 22.7. The zero-order chi connectivity index (χ0) is 25.7. The molecule has 7 nitrogen and oxygen atoms in total. The van der Waals surface area contributed by atoms with Crippen molar-refractivity contribution in [2.75, 3.05) is 0 Å². The van der Waals surface area contributed by atoms with Crippen LogP contribution in [0.1, 0.15) is 37.4 Å². The highest BCUT2D eigenvalue weighted by Gasteiger charge is 2.58. The Kier molecular flexibility index (Phi) is 4.67. The first-order valence-corrected chi connectivity index (χ1v) is 11.3. The van der Waals surface area contributed by atoms with Crippen LogP contribution in [0.25, 0.3) is 10.8 Å². The van der Waals surface area contributed by atoms with Crippen LogP contribution in [0.3, 0.4) is 0 Å². The molecular weight excluding hydrogens is 538 g/mol. The number of rotatable bonds is 1. The van der Waals surface area contributed by atoms with Crippen LogP contribution in [0.15, 0.2) is 42.5 Å². The maximum atomic E-state index is 15.6. The molecule has 4 aromatic carbocycles. The molecule has 1 atom stereocenters. The highest BCUT2D eigenvalue weighted by Crippen LogP contribution is 2.62. The number of carbonyl (C=O) groups excluding carboxylic acids is 1. The van der Waals surface area contributed by atoms with Crippen molar-refractivity contribution in [2.24, 2.45) is 0 Å². The van der Waals surface area contributed by atoms with Crippen molar-refractivity contribution in [2.45, 2.75) is 5.60 Å². The molecule has 3 N–H and O–H groups in total. The van der Waals surface area contributed by atoms with E-state index in [1.807, 2.05) is 0 Å². The molecule has 2 aliphatic heterocycles. The molecule has 0 aliphatic carbocycles. The predicted octanol–water partition coefficient (Wildman–Crippen LogP) is 6.62. The van der Waals surface area contributed by atoms with Crippen LogP contribution in [0.4, 0.5) is 4.39 Å². The zero-order valence-corrected chi connectivity index (χ0v) is 19.8. The van der Waals surface area contributed by atoms with Gasteiger partial charge in [-0.2, -0.15) is 4.39 Å². The van der Waals surface area contributed by atoms with Gasteiger partial charge in [0.15, 0.2) is 17.1 Å². The minimum Gasteiger partial charge on any atom is -0.506 e. The number of hydrogen-bond donors (Lipinski definition) is 3. The summed E-state index contributed by atoms with van der Waals surface area (Å²) in [6.45, 7) is 0. The number of aromatic carboxylic acids is 1. The van der Waals surface area contributed by atoms with E-state index in [0.29, 0.717) is 0 Å². The van der Waals surface area contributed by atoms with Crippen LogP contribution >= 0.6 is 34.8 Å². The highest BCUT2D eigenvalue weighted by atomic mass is 35.5. The average molecular weight is 548 g/mol. The van der Waals surface area contributed by atoms with Crippen LogP contribution in [0.2, 0.25) is 15.1 Å². The fraction of sp³-hybridized carbons (Fsp3) is 0.0400. The number of benzene rings is 4. The molecule has 1 unspecified atom stereocenters. The largest absolute Gasteiger partial charge is 0.506 e.